The first-order valence-corrected chi connectivity index (χ1v) is 7.68. The van der Waals surface area contributed by atoms with Crippen LogP contribution >= 0.6 is 0 Å². The van der Waals surface area contributed by atoms with E-state index in [1.165, 1.54) is 25.7 Å². The average Bonchev–Trinajstić information content (AvgIpc) is 2.87. The summed E-state index contributed by atoms with van der Waals surface area (Å²) in [4.78, 5) is 4.53. The number of nitrogens with two attached hydrogens (primary N) is 1. The molecule has 2 rings (SSSR count). The molecule has 1 aromatic heterocycles. The number of rotatable bonds is 5. The Kier molecular flexibility index (Phi) is 4.97. The number of hydrogen-bond donors (Lipinski definition) is 1. The maximum Gasteiger partial charge on any atom is 0.228 e. The molecule has 0 aromatic carbocycles. The summed E-state index contributed by atoms with van der Waals surface area (Å²) in [6.07, 6.45) is 6.62. The quantitative estimate of drug-likeness (QED) is 0.887. The van der Waals surface area contributed by atoms with Crippen LogP contribution in [0.2, 0.25) is 0 Å². The molecule has 0 spiro atoms. The fourth-order valence-corrected chi connectivity index (χ4v) is 2.93. The van der Waals surface area contributed by atoms with Crippen LogP contribution in [-0.4, -0.2) is 16.2 Å². The van der Waals surface area contributed by atoms with Crippen LogP contribution in [0.3, 0.4) is 0 Å². The Balaban J connectivity index is 1.89. The van der Waals surface area contributed by atoms with Crippen LogP contribution < -0.4 is 5.73 Å². The zero-order valence-electron chi connectivity index (χ0n) is 12.4. The molecule has 0 amide bonds. The van der Waals surface area contributed by atoms with Gasteiger partial charge in [-0.2, -0.15) is 4.98 Å². The lowest BCUT2D eigenvalue weighted by Crippen LogP contribution is -2.21. The second-order valence-electron chi connectivity index (χ2n) is 6.27. The topological polar surface area (TPSA) is 64.9 Å². The second kappa shape index (κ2) is 6.51. The van der Waals surface area contributed by atoms with Crippen molar-refractivity contribution in [1.82, 2.24) is 10.1 Å². The van der Waals surface area contributed by atoms with Gasteiger partial charge in [-0.25, -0.2) is 0 Å². The Morgan fingerprint density at radius 1 is 1.26 bits per heavy atom. The molecule has 108 valence electrons. The SMILES string of the molecule is CCC(N)Cc1nc(C2CCC(C(C)C)CC2)no1. The lowest BCUT2D eigenvalue weighted by molar-refractivity contribution is 0.251. The van der Waals surface area contributed by atoms with Gasteiger partial charge < -0.3 is 10.3 Å². The summed E-state index contributed by atoms with van der Waals surface area (Å²) < 4.78 is 5.32. The number of hydrogen-bond acceptors (Lipinski definition) is 4. The zero-order chi connectivity index (χ0) is 13.8. The Labute approximate surface area is 116 Å². The molecule has 1 heterocycles. The van der Waals surface area contributed by atoms with Gasteiger partial charge in [0.25, 0.3) is 0 Å². The molecule has 4 nitrogen and oxygen atoms in total. The van der Waals surface area contributed by atoms with Gasteiger partial charge in [-0.3, -0.25) is 0 Å². The zero-order valence-corrected chi connectivity index (χ0v) is 12.4. The van der Waals surface area contributed by atoms with Gasteiger partial charge in [-0.1, -0.05) is 25.9 Å². The van der Waals surface area contributed by atoms with Crippen molar-refractivity contribution in [2.24, 2.45) is 17.6 Å². The second-order valence-corrected chi connectivity index (χ2v) is 6.27. The van der Waals surface area contributed by atoms with Gasteiger partial charge in [0.2, 0.25) is 5.89 Å². The van der Waals surface area contributed by atoms with Crippen molar-refractivity contribution in [3.63, 3.8) is 0 Å². The molecule has 1 aromatic rings. The summed E-state index contributed by atoms with van der Waals surface area (Å²) in [6, 6.07) is 0.130. The van der Waals surface area contributed by atoms with E-state index < -0.39 is 0 Å². The van der Waals surface area contributed by atoms with Crippen LogP contribution in [0, 0.1) is 11.8 Å². The minimum atomic E-state index is 0.130. The van der Waals surface area contributed by atoms with Crippen LogP contribution in [0.5, 0.6) is 0 Å². The molecule has 1 aliphatic rings. The third kappa shape index (κ3) is 3.78. The molecule has 2 N–H and O–H groups in total. The maximum absolute atomic E-state index is 5.92. The van der Waals surface area contributed by atoms with Crippen molar-refractivity contribution in [3.05, 3.63) is 11.7 Å². The molecule has 4 heteroatoms. The first kappa shape index (κ1) is 14.5. The lowest BCUT2D eigenvalue weighted by atomic mass is 9.77. The predicted octanol–water partition coefficient (Wildman–Crippen LogP) is 3.28. The van der Waals surface area contributed by atoms with E-state index in [9.17, 15) is 0 Å². The van der Waals surface area contributed by atoms with E-state index in [0.29, 0.717) is 18.2 Å². The molecule has 19 heavy (non-hydrogen) atoms. The molecule has 1 saturated carbocycles. The van der Waals surface area contributed by atoms with Crippen molar-refractivity contribution >= 4 is 0 Å². The Bertz CT molecular complexity index is 380. The van der Waals surface area contributed by atoms with Crippen LogP contribution in [0.25, 0.3) is 0 Å². The number of nitrogens with zero attached hydrogens (tertiary/aromatic N) is 2. The lowest BCUT2D eigenvalue weighted by Gasteiger charge is -2.29. The normalized spacial score (nSPS) is 25.7. The van der Waals surface area contributed by atoms with E-state index in [4.69, 9.17) is 10.3 Å². The van der Waals surface area contributed by atoms with Crippen molar-refractivity contribution in [2.45, 2.75) is 71.3 Å². The Hall–Kier alpha value is -0.900. The van der Waals surface area contributed by atoms with Crippen molar-refractivity contribution in [3.8, 4) is 0 Å². The molecule has 0 radical (unpaired) electrons. The van der Waals surface area contributed by atoms with E-state index in [1.54, 1.807) is 0 Å². The van der Waals surface area contributed by atoms with Crippen molar-refractivity contribution < 1.29 is 4.52 Å². The molecule has 1 unspecified atom stereocenters. The van der Waals surface area contributed by atoms with Crippen LogP contribution in [0.4, 0.5) is 0 Å². The molecular formula is C15H27N3O. The molecular weight excluding hydrogens is 238 g/mol. The maximum atomic E-state index is 5.92. The van der Waals surface area contributed by atoms with Gasteiger partial charge in [-0.15, -0.1) is 0 Å². The Morgan fingerprint density at radius 2 is 1.95 bits per heavy atom. The van der Waals surface area contributed by atoms with E-state index in [1.807, 2.05) is 0 Å². The fraction of sp³-hybridized carbons (Fsp3) is 0.867. The largest absolute Gasteiger partial charge is 0.339 e. The first-order chi connectivity index (χ1) is 9.10. The number of aromatic nitrogens is 2. The summed E-state index contributed by atoms with van der Waals surface area (Å²) in [5.74, 6) is 3.77. The van der Waals surface area contributed by atoms with Gasteiger partial charge >= 0.3 is 0 Å². The molecule has 0 bridgehead atoms. The molecule has 1 fully saturated rings. The molecule has 1 atom stereocenters. The Morgan fingerprint density at radius 3 is 2.53 bits per heavy atom. The third-order valence-electron chi connectivity index (χ3n) is 4.52. The van der Waals surface area contributed by atoms with E-state index in [-0.39, 0.29) is 6.04 Å². The minimum Gasteiger partial charge on any atom is -0.339 e. The first-order valence-electron chi connectivity index (χ1n) is 7.68. The van der Waals surface area contributed by atoms with Gasteiger partial charge in [0.15, 0.2) is 5.82 Å². The smallest absolute Gasteiger partial charge is 0.228 e. The summed E-state index contributed by atoms with van der Waals surface area (Å²) in [5.41, 5.74) is 5.92. The van der Waals surface area contributed by atoms with Gasteiger partial charge in [0, 0.05) is 18.4 Å². The predicted molar refractivity (Wildman–Crippen MR) is 75.8 cm³/mol. The highest BCUT2D eigenvalue weighted by Crippen LogP contribution is 2.37. The molecule has 0 saturated heterocycles. The third-order valence-corrected chi connectivity index (χ3v) is 4.52. The van der Waals surface area contributed by atoms with Gasteiger partial charge in [0.05, 0.1) is 0 Å². The van der Waals surface area contributed by atoms with E-state index in [0.717, 1.165) is 24.1 Å². The highest BCUT2D eigenvalue weighted by Gasteiger charge is 2.27. The van der Waals surface area contributed by atoms with Crippen LogP contribution in [0.15, 0.2) is 4.52 Å². The average molecular weight is 265 g/mol. The van der Waals surface area contributed by atoms with Crippen LogP contribution in [-0.2, 0) is 6.42 Å². The van der Waals surface area contributed by atoms with Crippen molar-refractivity contribution in [2.75, 3.05) is 0 Å². The minimum absolute atomic E-state index is 0.130. The summed E-state index contributed by atoms with van der Waals surface area (Å²) in [5, 5.41) is 4.16. The van der Waals surface area contributed by atoms with Crippen molar-refractivity contribution in [1.29, 1.82) is 0 Å². The standard InChI is InChI=1S/C15H27N3O/c1-4-13(16)9-14-17-15(18-19-14)12-7-5-11(6-8-12)10(2)3/h10-13H,4-9,16H2,1-3H3. The fourth-order valence-electron chi connectivity index (χ4n) is 2.93. The highest BCUT2D eigenvalue weighted by atomic mass is 16.5. The summed E-state index contributed by atoms with van der Waals surface area (Å²) in [6.45, 7) is 6.72. The van der Waals surface area contributed by atoms with Gasteiger partial charge in [0.1, 0.15) is 0 Å². The summed E-state index contributed by atoms with van der Waals surface area (Å²) in [7, 11) is 0. The monoisotopic (exact) mass is 265 g/mol. The molecule has 1 aliphatic carbocycles. The molecule has 0 aliphatic heterocycles. The van der Waals surface area contributed by atoms with Crippen LogP contribution in [0.1, 0.15) is 70.5 Å². The van der Waals surface area contributed by atoms with Gasteiger partial charge in [-0.05, 0) is 43.9 Å². The summed E-state index contributed by atoms with van der Waals surface area (Å²) >= 11 is 0. The van der Waals surface area contributed by atoms with E-state index in [2.05, 4.69) is 30.9 Å². The highest BCUT2D eigenvalue weighted by molar-refractivity contribution is 4.98. The van der Waals surface area contributed by atoms with E-state index >= 15 is 0 Å².